The van der Waals surface area contributed by atoms with Crippen LogP contribution in [0.4, 0.5) is 23.0 Å². The maximum Gasteiger partial charge on any atom is 0.261 e. The quantitative estimate of drug-likeness (QED) is 0.588. The molecule has 1 aromatic heterocycles. The summed E-state index contributed by atoms with van der Waals surface area (Å²) in [5.74, 6) is 2.16. The second-order valence-electron chi connectivity index (χ2n) is 7.20. The van der Waals surface area contributed by atoms with Gasteiger partial charge in [-0.05, 0) is 55.5 Å². The van der Waals surface area contributed by atoms with E-state index in [1.54, 1.807) is 24.3 Å². The third kappa shape index (κ3) is 5.14. The average molecular weight is 451 g/mol. The first-order valence-electron chi connectivity index (χ1n) is 10.0. The smallest absolute Gasteiger partial charge is 0.261 e. The van der Waals surface area contributed by atoms with Crippen LogP contribution in [0.25, 0.3) is 0 Å². The molecule has 10 heteroatoms. The van der Waals surface area contributed by atoms with Gasteiger partial charge in [0.15, 0.2) is 0 Å². The predicted molar refractivity (Wildman–Crippen MR) is 121 cm³/mol. The Hall–Kier alpha value is -3.68. The molecule has 4 rings (SSSR count). The van der Waals surface area contributed by atoms with Crippen LogP contribution in [-0.4, -0.2) is 44.7 Å². The first kappa shape index (κ1) is 21.5. The number of rotatable bonds is 6. The molecule has 2 heterocycles. The van der Waals surface area contributed by atoms with Gasteiger partial charge in [0.2, 0.25) is 0 Å². The van der Waals surface area contributed by atoms with Gasteiger partial charge >= 0.3 is 0 Å². The minimum atomic E-state index is -3.75. The van der Waals surface area contributed by atoms with E-state index in [1.807, 2.05) is 19.1 Å². The fraction of sp³-hybridized carbons (Fsp3) is 0.227. The SMILES string of the molecule is Cc1nc(Nc2ccc(NS(=O)(=O)c3ccc(C#N)cc3)cc2)cc(N2CCOCC2)n1. The van der Waals surface area contributed by atoms with E-state index in [-0.39, 0.29) is 4.90 Å². The van der Waals surface area contributed by atoms with E-state index in [0.29, 0.717) is 36.1 Å². The molecule has 0 bridgehead atoms. The highest BCUT2D eigenvalue weighted by Crippen LogP contribution is 2.23. The number of hydrogen-bond donors (Lipinski definition) is 2. The number of anilines is 4. The van der Waals surface area contributed by atoms with Gasteiger partial charge in [0.25, 0.3) is 10.0 Å². The lowest BCUT2D eigenvalue weighted by atomic mass is 10.2. The highest BCUT2D eigenvalue weighted by atomic mass is 32.2. The van der Waals surface area contributed by atoms with Crippen molar-refractivity contribution in [2.45, 2.75) is 11.8 Å². The highest BCUT2D eigenvalue weighted by molar-refractivity contribution is 7.92. The summed E-state index contributed by atoms with van der Waals surface area (Å²) in [5, 5.41) is 12.1. The lowest BCUT2D eigenvalue weighted by Crippen LogP contribution is -2.36. The molecule has 3 aromatic rings. The summed E-state index contributed by atoms with van der Waals surface area (Å²) >= 11 is 0. The summed E-state index contributed by atoms with van der Waals surface area (Å²) in [6.45, 7) is 4.75. The van der Waals surface area contributed by atoms with Crippen molar-refractivity contribution in [3.63, 3.8) is 0 Å². The topological polar surface area (TPSA) is 120 Å². The standard InChI is InChI=1S/C22H22N6O3S/c1-16-24-21(14-22(25-16)28-10-12-31-13-11-28)26-18-4-6-19(7-5-18)27-32(29,30)20-8-2-17(15-23)3-9-20/h2-9,14,27H,10-13H2,1H3,(H,24,25,26). The Balaban J connectivity index is 1.46. The number of benzene rings is 2. The zero-order valence-corrected chi connectivity index (χ0v) is 18.3. The van der Waals surface area contributed by atoms with Crippen molar-refractivity contribution in [1.82, 2.24) is 9.97 Å². The van der Waals surface area contributed by atoms with Gasteiger partial charge in [-0.2, -0.15) is 5.26 Å². The van der Waals surface area contributed by atoms with Crippen LogP contribution in [0.15, 0.2) is 59.5 Å². The maximum atomic E-state index is 12.6. The van der Waals surface area contributed by atoms with Crippen LogP contribution < -0.4 is 14.9 Å². The highest BCUT2D eigenvalue weighted by Gasteiger charge is 2.15. The zero-order chi connectivity index (χ0) is 22.6. The largest absolute Gasteiger partial charge is 0.378 e. The molecule has 9 nitrogen and oxygen atoms in total. The average Bonchev–Trinajstić information content (AvgIpc) is 2.80. The lowest BCUT2D eigenvalue weighted by molar-refractivity contribution is 0.122. The van der Waals surface area contributed by atoms with Crippen molar-refractivity contribution in [3.8, 4) is 6.07 Å². The summed E-state index contributed by atoms with van der Waals surface area (Å²) in [6, 6.07) is 16.5. The van der Waals surface area contributed by atoms with Crippen molar-refractivity contribution in [3.05, 3.63) is 66.0 Å². The van der Waals surface area contributed by atoms with Crippen molar-refractivity contribution in [2.75, 3.05) is 41.2 Å². The molecule has 1 saturated heterocycles. The van der Waals surface area contributed by atoms with E-state index in [2.05, 4.69) is 24.9 Å². The maximum absolute atomic E-state index is 12.6. The zero-order valence-electron chi connectivity index (χ0n) is 17.4. The number of aromatic nitrogens is 2. The van der Waals surface area contributed by atoms with Crippen LogP contribution >= 0.6 is 0 Å². The third-order valence-electron chi connectivity index (χ3n) is 4.86. The summed E-state index contributed by atoms with van der Waals surface area (Å²) in [7, 11) is -3.75. The Labute approximate surface area is 186 Å². The molecule has 2 N–H and O–H groups in total. The second-order valence-corrected chi connectivity index (χ2v) is 8.88. The van der Waals surface area contributed by atoms with E-state index in [1.165, 1.54) is 24.3 Å². The third-order valence-corrected chi connectivity index (χ3v) is 6.26. The van der Waals surface area contributed by atoms with Gasteiger partial charge in [-0.25, -0.2) is 18.4 Å². The fourth-order valence-corrected chi connectivity index (χ4v) is 4.32. The summed E-state index contributed by atoms with van der Waals surface area (Å²) < 4.78 is 33.1. The van der Waals surface area contributed by atoms with Crippen molar-refractivity contribution < 1.29 is 13.2 Å². The van der Waals surface area contributed by atoms with Crippen LogP contribution in [0.3, 0.4) is 0 Å². The Kier molecular flexibility index (Phi) is 6.20. The summed E-state index contributed by atoms with van der Waals surface area (Å²) in [6.07, 6.45) is 0. The van der Waals surface area contributed by atoms with E-state index in [0.717, 1.165) is 24.6 Å². The van der Waals surface area contributed by atoms with Gasteiger partial charge in [-0.15, -0.1) is 0 Å². The number of nitrogens with one attached hydrogen (secondary N) is 2. The van der Waals surface area contributed by atoms with Gasteiger partial charge < -0.3 is 15.0 Å². The normalized spacial score (nSPS) is 13.9. The first-order valence-corrected chi connectivity index (χ1v) is 11.5. The Morgan fingerprint density at radius 1 is 1.00 bits per heavy atom. The van der Waals surface area contributed by atoms with Crippen LogP contribution in [0.1, 0.15) is 11.4 Å². The number of morpholine rings is 1. The van der Waals surface area contributed by atoms with Crippen LogP contribution in [-0.2, 0) is 14.8 Å². The number of aryl methyl sites for hydroxylation is 1. The molecular weight excluding hydrogens is 428 g/mol. The van der Waals surface area contributed by atoms with Crippen molar-refractivity contribution in [1.29, 1.82) is 5.26 Å². The van der Waals surface area contributed by atoms with Crippen LogP contribution in [0.2, 0.25) is 0 Å². The monoisotopic (exact) mass is 450 g/mol. The number of hydrogen-bond acceptors (Lipinski definition) is 8. The predicted octanol–water partition coefficient (Wildman–Crippen LogP) is 3.04. The molecule has 1 fully saturated rings. The number of ether oxygens (including phenoxy) is 1. The lowest BCUT2D eigenvalue weighted by Gasteiger charge is -2.28. The van der Waals surface area contributed by atoms with Gasteiger partial charge in [-0.1, -0.05) is 0 Å². The number of sulfonamides is 1. The molecule has 0 spiro atoms. The van der Waals surface area contributed by atoms with Crippen LogP contribution in [0.5, 0.6) is 0 Å². The van der Waals surface area contributed by atoms with E-state index in [9.17, 15) is 8.42 Å². The van der Waals surface area contributed by atoms with Crippen LogP contribution in [0, 0.1) is 18.3 Å². The number of nitrogens with zero attached hydrogens (tertiary/aromatic N) is 4. The minimum Gasteiger partial charge on any atom is -0.378 e. The molecule has 32 heavy (non-hydrogen) atoms. The molecule has 0 saturated carbocycles. The fourth-order valence-electron chi connectivity index (χ4n) is 3.26. The molecule has 0 radical (unpaired) electrons. The molecule has 0 aliphatic carbocycles. The molecule has 0 atom stereocenters. The summed E-state index contributed by atoms with van der Waals surface area (Å²) in [5.41, 5.74) is 1.58. The molecular formula is C22H22N6O3S. The molecule has 1 aliphatic heterocycles. The Bertz CT molecular complexity index is 1230. The molecule has 164 valence electrons. The first-order chi connectivity index (χ1) is 15.4. The van der Waals surface area contributed by atoms with Gasteiger partial charge in [0.1, 0.15) is 17.5 Å². The van der Waals surface area contributed by atoms with E-state index in [4.69, 9.17) is 10.00 Å². The van der Waals surface area contributed by atoms with Crippen molar-refractivity contribution >= 4 is 33.0 Å². The van der Waals surface area contributed by atoms with Crippen molar-refractivity contribution in [2.24, 2.45) is 0 Å². The molecule has 0 amide bonds. The molecule has 1 aliphatic rings. The second kappa shape index (κ2) is 9.21. The summed E-state index contributed by atoms with van der Waals surface area (Å²) in [4.78, 5) is 11.2. The molecule has 2 aromatic carbocycles. The van der Waals surface area contributed by atoms with E-state index >= 15 is 0 Å². The Morgan fingerprint density at radius 2 is 1.66 bits per heavy atom. The minimum absolute atomic E-state index is 0.0887. The Morgan fingerprint density at radius 3 is 2.31 bits per heavy atom. The van der Waals surface area contributed by atoms with E-state index < -0.39 is 10.0 Å². The van der Waals surface area contributed by atoms with Gasteiger partial charge in [-0.3, -0.25) is 4.72 Å². The van der Waals surface area contributed by atoms with Gasteiger partial charge in [0, 0.05) is 30.5 Å². The van der Waals surface area contributed by atoms with Gasteiger partial charge in [0.05, 0.1) is 29.7 Å². The number of nitriles is 1. The molecule has 0 unspecified atom stereocenters.